The highest BCUT2D eigenvalue weighted by atomic mass is 79.9. The Kier molecular flexibility index (Phi) is 4.63. The summed E-state index contributed by atoms with van der Waals surface area (Å²) in [6.07, 6.45) is 0.407. The van der Waals surface area contributed by atoms with Crippen LogP contribution in [0.4, 0.5) is 0 Å². The molecule has 1 aromatic carbocycles. The Morgan fingerprint density at radius 2 is 2.21 bits per heavy atom. The third-order valence-electron chi connectivity index (χ3n) is 2.03. The SMILES string of the molecule is Cc1ccc(C(=O)CCCl)c(CBr)c1. The minimum absolute atomic E-state index is 0.120. The van der Waals surface area contributed by atoms with Crippen molar-refractivity contribution in [1.29, 1.82) is 0 Å². The van der Waals surface area contributed by atoms with Gasteiger partial charge in [-0.3, -0.25) is 4.79 Å². The number of carbonyl (C=O) groups is 1. The molecule has 76 valence electrons. The molecule has 3 heteroatoms. The van der Waals surface area contributed by atoms with Gasteiger partial charge in [-0.1, -0.05) is 39.7 Å². The number of carbonyl (C=O) groups excluding carboxylic acids is 1. The molecule has 0 saturated carbocycles. The highest BCUT2D eigenvalue weighted by Crippen LogP contribution is 2.16. The molecule has 0 aliphatic carbocycles. The summed E-state index contributed by atoms with van der Waals surface area (Å²) in [5.41, 5.74) is 3.00. The second-order valence-corrected chi connectivity index (χ2v) is 4.10. The summed E-state index contributed by atoms with van der Waals surface area (Å²) in [5, 5.41) is 0.706. The maximum Gasteiger partial charge on any atom is 0.164 e. The summed E-state index contributed by atoms with van der Waals surface area (Å²) >= 11 is 8.92. The minimum atomic E-state index is 0.120. The van der Waals surface area contributed by atoms with Crippen molar-refractivity contribution in [2.75, 3.05) is 5.88 Å². The van der Waals surface area contributed by atoms with Gasteiger partial charge >= 0.3 is 0 Å². The van der Waals surface area contributed by atoms with Crippen LogP contribution in [0.5, 0.6) is 0 Å². The van der Waals surface area contributed by atoms with Crippen molar-refractivity contribution in [2.45, 2.75) is 18.7 Å². The van der Waals surface area contributed by atoms with Crippen molar-refractivity contribution >= 4 is 33.3 Å². The second kappa shape index (κ2) is 5.52. The van der Waals surface area contributed by atoms with E-state index in [1.165, 1.54) is 5.56 Å². The highest BCUT2D eigenvalue weighted by molar-refractivity contribution is 9.08. The molecule has 0 heterocycles. The molecular weight excluding hydrogens is 263 g/mol. The molecule has 0 amide bonds. The van der Waals surface area contributed by atoms with E-state index in [-0.39, 0.29) is 5.78 Å². The Bertz CT molecular complexity index is 336. The van der Waals surface area contributed by atoms with E-state index >= 15 is 0 Å². The standard InChI is InChI=1S/C11H12BrClO/c1-8-2-3-10(9(6-8)7-12)11(14)4-5-13/h2-3,6H,4-5,7H2,1H3. The number of rotatable bonds is 4. The Morgan fingerprint density at radius 1 is 1.50 bits per heavy atom. The monoisotopic (exact) mass is 274 g/mol. The van der Waals surface area contributed by atoms with Crippen LogP contribution >= 0.6 is 27.5 Å². The van der Waals surface area contributed by atoms with E-state index in [4.69, 9.17) is 11.6 Å². The molecule has 0 bridgehead atoms. The van der Waals surface area contributed by atoms with Gasteiger partial charge in [0, 0.05) is 23.2 Å². The average molecular weight is 276 g/mol. The largest absolute Gasteiger partial charge is 0.294 e. The third-order valence-corrected chi connectivity index (χ3v) is 2.82. The zero-order valence-electron chi connectivity index (χ0n) is 8.02. The van der Waals surface area contributed by atoms with Crippen molar-refractivity contribution in [1.82, 2.24) is 0 Å². The predicted octanol–water partition coefficient (Wildman–Crippen LogP) is 3.70. The van der Waals surface area contributed by atoms with Crippen molar-refractivity contribution < 1.29 is 4.79 Å². The number of benzene rings is 1. The Hall–Kier alpha value is -0.340. The lowest BCUT2D eigenvalue weighted by atomic mass is 10.0. The molecule has 0 saturated heterocycles. The van der Waals surface area contributed by atoms with E-state index in [1.54, 1.807) is 0 Å². The molecule has 0 aromatic heterocycles. The predicted molar refractivity (Wildman–Crippen MR) is 63.5 cm³/mol. The topological polar surface area (TPSA) is 17.1 Å². The first kappa shape index (κ1) is 11.7. The van der Waals surface area contributed by atoms with Gasteiger partial charge in [-0.2, -0.15) is 0 Å². The van der Waals surface area contributed by atoms with Gasteiger partial charge in [0.25, 0.3) is 0 Å². The van der Waals surface area contributed by atoms with Crippen LogP contribution in [0.1, 0.15) is 27.9 Å². The van der Waals surface area contributed by atoms with E-state index in [0.29, 0.717) is 17.6 Å². The molecule has 0 aliphatic rings. The van der Waals surface area contributed by atoms with Crippen LogP contribution in [0.15, 0.2) is 18.2 Å². The zero-order chi connectivity index (χ0) is 10.6. The first-order valence-corrected chi connectivity index (χ1v) is 6.09. The third kappa shape index (κ3) is 2.82. The van der Waals surface area contributed by atoms with Crippen molar-refractivity contribution in [3.63, 3.8) is 0 Å². The lowest BCUT2D eigenvalue weighted by Crippen LogP contribution is -2.03. The fourth-order valence-corrected chi connectivity index (χ4v) is 1.96. The molecule has 0 unspecified atom stereocenters. The maximum absolute atomic E-state index is 11.6. The molecule has 0 fully saturated rings. The van der Waals surface area contributed by atoms with Gasteiger partial charge in [-0.25, -0.2) is 0 Å². The molecule has 1 nitrogen and oxygen atoms in total. The Labute approximate surface area is 97.6 Å². The smallest absolute Gasteiger partial charge is 0.164 e. The molecular formula is C11H12BrClO. The van der Waals surface area contributed by atoms with Crippen LogP contribution in [0.2, 0.25) is 0 Å². The normalized spacial score (nSPS) is 10.2. The van der Waals surface area contributed by atoms with Crippen LogP contribution in [0, 0.1) is 6.92 Å². The van der Waals surface area contributed by atoms with Gasteiger partial charge in [0.15, 0.2) is 5.78 Å². The lowest BCUT2D eigenvalue weighted by Gasteiger charge is -2.06. The molecule has 1 aromatic rings. The van der Waals surface area contributed by atoms with Crippen LogP contribution < -0.4 is 0 Å². The number of aryl methyl sites for hydroxylation is 1. The quantitative estimate of drug-likeness (QED) is 0.605. The number of halogens is 2. The highest BCUT2D eigenvalue weighted by Gasteiger charge is 2.09. The second-order valence-electron chi connectivity index (χ2n) is 3.16. The van der Waals surface area contributed by atoms with Gasteiger partial charge < -0.3 is 0 Å². The number of alkyl halides is 2. The van der Waals surface area contributed by atoms with Gasteiger partial charge in [-0.05, 0) is 12.5 Å². The van der Waals surface area contributed by atoms with Crippen LogP contribution in [-0.2, 0) is 5.33 Å². The summed E-state index contributed by atoms with van der Waals surface area (Å²) in [7, 11) is 0. The summed E-state index contributed by atoms with van der Waals surface area (Å²) in [6.45, 7) is 2.02. The Balaban J connectivity index is 3.01. The van der Waals surface area contributed by atoms with E-state index < -0.39 is 0 Å². The molecule has 14 heavy (non-hydrogen) atoms. The maximum atomic E-state index is 11.6. The first-order valence-electron chi connectivity index (χ1n) is 4.43. The fraction of sp³-hybridized carbons (Fsp3) is 0.364. The van der Waals surface area contributed by atoms with Crippen molar-refractivity contribution in [2.24, 2.45) is 0 Å². The van der Waals surface area contributed by atoms with Gasteiger partial charge in [0.2, 0.25) is 0 Å². The number of hydrogen-bond donors (Lipinski definition) is 0. The van der Waals surface area contributed by atoms with Crippen molar-refractivity contribution in [3.8, 4) is 0 Å². The Morgan fingerprint density at radius 3 is 2.79 bits per heavy atom. The van der Waals surface area contributed by atoms with E-state index in [2.05, 4.69) is 15.9 Å². The summed E-state index contributed by atoms with van der Waals surface area (Å²) in [6, 6.07) is 5.85. The van der Waals surface area contributed by atoms with Gasteiger partial charge in [-0.15, -0.1) is 11.6 Å². The number of Topliss-reactive ketones (excluding diaryl/α,β-unsaturated/α-hetero) is 1. The van der Waals surface area contributed by atoms with Crippen LogP contribution in [0.25, 0.3) is 0 Å². The summed E-state index contributed by atoms with van der Waals surface area (Å²) in [4.78, 5) is 11.6. The molecule has 0 spiro atoms. The van der Waals surface area contributed by atoms with Crippen LogP contribution in [-0.4, -0.2) is 11.7 Å². The molecule has 1 rings (SSSR count). The summed E-state index contributed by atoms with van der Waals surface area (Å²) < 4.78 is 0. The molecule has 0 radical (unpaired) electrons. The molecule has 0 atom stereocenters. The van der Waals surface area contributed by atoms with E-state index in [0.717, 1.165) is 11.1 Å². The summed E-state index contributed by atoms with van der Waals surface area (Å²) in [5.74, 6) is 0.503. The van der Waals surface area contributed by atoms with Gasteiger partial charge in [0.05, 0.1) is 0 Å². The number of ketones is 1. The average Bonchev–Trinajstić information content (AvgIpc) is 2.17. The fourth-order valence-electron chi connectivity index (χ4n) is 1.33. The first-order chi connectivity index (χ1) is 6.69. The van der Waals surface area contributed by atoms with Crippen molar-refractivity contribution in [3.05, 3.63) is 34.9 Å². The molecule has 0 aliphatic heterocycles. The van der Waals surface area contributed by atoms with E-state index in [9.17, 15) is 4.79 Å². The van der Waals surface area contributed by atoms with Crippen LogP contribution in [0.3, 0.4) is 0 Å². The number of hydrogen-bond acceptors (Lipinski definition) is 1. The lowest BCUT2D eigenvalue weighted by molar-refractivity contribution is 0.0988. The molecule has 0 N–H and O–H groups in total. The van der Waals surface area contributed by atoms with Gasteiger partial charge in [0.1, 0.15) is 0 Å². The minimum Gasteiger partial charge on any atom is -0.294 e. The van der Waals surface area contributed by atoms with E-state index in [1.807, 2.05) is 25.1 Å². The zero-order valence-corrected chi connectivity index (χ0v) is 10.4.